The molecule has 0 spiro atoms. The molecule has 16 heavy (non-hydrogen) atoms. The predicted molar refractivity (Wildman–Crippen MR) is 67.2 cm³/mol. The number of hydrogen-bond acceptors (Lipinski definition) is 1. The monoisotopic (exact) mass is 222 g/mol. The Balaban J connectivity index is 2.37. The van der Waals surface area contributed by atoms with Crippen molar-refractivity contribution in [3.63, 3.8) is 0 Å². The molecule has 0 aromatic rings. The van der Waals surface area contributed by atoms with Crippen LogP contribution in [0, 0.1) is 28.6 Å². The third-order valence-electron chi connectivity index (χ3n) is 5.98. The van der Waals surface area contributed by atoms with Gasteiger partial charge in [0.05, 0.1) is 0 Å². The van der Waals surface area contributed by atoms with Crippen LogP contribution in [0.5, 0.6) is 0 Å². The van der Waals surface area contributed by atoms with Gasteiger partial charge in [-0.05, 0) is 35.5 Å². The first-order valence-corrected chi connectivity index (χ1v) is 6.82. The summed E-state index contributed by atoms with van der Waals surface area (Å²) in [7, 11) is 0. The average Bonchev–Trinajstić information content (AvgIpc) is 2.19. The van der Waals surface area contributed by atoms with Gasteiger partial charge in [0, 0.05) is 12.3 Å². The van der Waals surface area contributed by atoms with Gasteiger partial charge in [-0.15, -0.1) is 0 Å². The minimum Gasteiger partial charge on any atom is -0.299 e. The number of carbonyl (C=O) groups excluding carboxylic acids is 1. The first-order chi connectivity index (χ1) is 7.29. The van der Waals surface area contributed by atoms with Crippen LogP contribution < -0.4 is 0 Å². The lowest BCUT2D eigenvalue weighted by Crippen LogP contribution is -2.53. The van der Waals surface area contributed by atoms with Crippen LogP contribution in [0.1, 0.15) is 60.3 Å². The number of rotatable bonds is 0. The predicted octanol–water partition coefficient (Wildman–Crippen LogP) is 4.06. The van der Waals surface area contributed by atoms with Gasteiger partial charge in [0.1, 0.15) is 5.78 Å². The fourth-order valence-corrected chi connectivity index (χ4v) is 4.46. The van der Waals surface area contributed by atoms with E-state index in [9.17, 15) is 4.79 Å². The van der Waals surface area contributed by atoms with E-state index in [-0.39, 0.29) is 5.92 Å². The molecule has 1 heteroatoms. The van der Waals surface area contributed by atoms with Crippen molar-refractivity contribution in [3.05, 3.63) is 0 Å². The van der Waals surface area contributed by atoms with E-state index in [2.05, 4.69) is 34.6 Å². The molecule has 2 rings (SSSR count). The highest BCUT2D eigenvalue weighted by Crippen LogP contribution is 2.60. The lowest BCUT2D eigenvalue weighted by molar-refractivity contribution is -0.145. The minimum atomic E-state index is 0.273. The zero-order valence-corrected chi connectivity index (χ0v) is 11.5. The summed E-state index contributed by atoms with van der Waals surface area (Å²) in [5.74, 6) is 1.94. The van der Waals surface area contributed by atoms with Gasteiger partial charge in [-0.2, -0.15) is 0 Å². The number of hydrogen-bond donors (Lipinski definition) is 0. The van der Waals surface area contributed by atoms with Crippen LogP contribution in [0.3, 0.4) is 0 Å². The number of Topliss-reactive ketones (excluding diaryl/α,β-unsaturated/α-hetero) is 1. The Morgan fingerprint density at radius 1 is 1.12 bits per heavy atom. The highest BCUT2D eigenvalue weighted by atomic mass is 16.1. The highest BCUT2D eigenvalue weighted by molar-refractivity contribution is 5.82. The molecule has 2 aliphatic rings. The molecule has 1 nitrogen and oxygen atoms in total. The summed E-state index contributed by atoms with van der Waals surface area (Å²) in [5.41, 5.74) is 0.756. The van der Waals surface area contributed by atoms with Gasteiger partial charge in [-0.1, -0.05) is 41.0 Å². The van der Waals surface area contributed by atoms with Crippen LogP contribution in [-0.2, 0) is 4.79 Å². The smallest absolute Gasteiger partial charge is 0.136 e. The van der Waals surface area contributed by atoms with Crippen molar-refractivity contribution in [1.82, 2.24) is 0 Å². The van der Waals surface area contributed by atoms with E-state index in [1.54, 1.807) is 0 Å². The van der Waals surface area contributed by atoms with Crippen LogP contribution in [0.15, 0.2) is 0 Å². The summed E-state index contributed by atoms with van der Waals surface area (Å²) >= 11 is 0. The van der Waals surface area contributed by atoms with E-state index in [1.807, 2.05) is 0 Å². The number of carbonyl (C=O) groups is 1. The molecule has 0 N–H and O–H groups in total. The summed E-state index contributed by atoms with van der Waals surface area (Å²) in [6.07, 6.45) is 4.78. The molecule has 92 valence electrons. The van der Waals surface area contributed by atoms with E-state index >= 15 is 0 Å². The maximum atomic E-state index is 12.1. The second-order valence-electron chi connectivity index (χ2n) is 7.15. The second-order valence-corrected chi connectivity index (χ2v) is 7.15. The molecule has 0 aromatic heterocycles. The van der Waals surface area contributed by atoms with Crippen molar-refractivity contribution in [1.29, 1.82) is 0 Å². The molecule has 2 aliphatic carbocycles. The van der Waals surface area contributed by atoms with Crippen LogP contribution in [-0.4, -0.2) is 5.78 Å². The van der Waals surface area contributed by atoms with Gasteiger partial charge in [0.25, 0.3) is 0 Å². The van der Waals surface area contributed by atoms with Crippen molar-refractivity contribution in [3.8, 4) is 0 Å². The molecule has 2 fully saturated rings. The number of ketones is 1. The topological polar surface area (TPSA) is 17.1 Å². The third-order valence-corrected chi connectivity index (χ3v) is 5.98. The van der Waals surface area contributed by atoms with Crippen LogP contribution in [0.25, 0.3) is 0 Å². The highest BCUT2D eigenvalue weighted by Gasteiger charge is 2.54. The lowest BCUT2D eigenvalue weighted by Gasteiger charge is -2.57. The van der Waals surface area contributed by atoms with Crippen LogP contribution >= 0.6 is 0 Å². The SMILES string of the molecule is CC1C(=O)C[C@H]2C(C)(C)CCC[C@]2(C)C1C. The molecule has 0 bridgehead atoms. The molecule has 2 unspecified atom stereocenters. The Morgan fingerprint density at radius 3 is 2.38 bits per heavy atom. The zero-order valence-electron chi connectivity index (χ0n) is 11.5. The molecular formula is C15H26O. The first kappa shape index (κ1) is 12.1. The normalized spacial score (nSPS) is 47.6. The first-order valence-electron chi connectivity index (χ1n) is 6.82. The fourth-order valence-electron chi connectivity index (χ4n) is 4.46. The van der Waals surface area contributed by atoms with Gasteiger partial charge in [-0.3, -0.25) is 4.79 Å². The molecule has 0 amide bonds. The maximum Gasteiger partial charge on any atom is 0.136 e. The summed E-state index contributed by atoms with van der Waals surface area (Å²) < 4.78 is 0. The van der Waals surface area contributed by atoms with Crippen molar-refractivity contribution >= 4 is 5.78 Å². The van der Waals surface area contributed by atoms with Crippen molar-refractivity contribution in [2.24, 2.45) is 28.6 Å². The Kier molecular flexibility index (Phi) is 2.72. The summed E-state index contributed by atoms with van der Waals surface area (Å²) in [6, 6.07) is 0. The summed E-state index contributed by atoms with van der Waals surface area (Å²) in [6.45, 7) is 11.6. The van der Waals surface area contributed by atoms with Gasteiger partial charge >= 0.3 is 0 Å². The average molecular weight is 222 g/mol. The molecule has 0 heterocycles. The van der Waals surface area contributed by atoms with E-state index in [4.69, 9.17) is 0 Å². The summed E-state index contributed by atoms with van der Waals surface area (Å²) in [4.78, 5) is 12.1. The standard InChI is InChI=1S/C15H26O/c1-10-11(2)15(5)8-6-7-14(3,4)13(15)9-12(10)16/h10-11,13H,6-9H2,1-5H3/t10?,11?,13-,15+/m0/s1. The molecule has 2 saturated carbocycles. The summed E-state index contributed by atoms with van der Waals surface area (Å²) in [5, 5.41) is 0. The van der Waals surface area contributed by atoms with Gasteiger partial charge in [-0.25, -0.2) is 0 Å². The van der Waals surface area contributed by atoms with Gasteiger partial charge < -0.3 is 0 Å². The van der Waals surface area contributed by atoms with E-state index < -0.39 is 0 Å². The third kappa shape index (κ3) is 1.55. The van der Waals surface area contributed by atoms with Crippen molar-refractivity contribution < 1.29 is 4.79 Å². The Labute approximate surface area is 100.0 Å². The minimum absolute atomic E-state index is 0.273. The van der Waals surface area contributed by atoms with Gasteiger partial charge in [0.2, 0.25) is 0 Å². The fraction of sp³-hybridized carbons (Fsp3) is 0.933. The maximum absolute atomic E-state index is 12.1. The molecular weight excluding hydrogens is 196 g/mol. The Bertz CT molecular complexity index is 305. The largest absolute Gasteiger partial charge is 0.299 e. The van der Waals surface area contributed by atoms with E-state index in [0.29, 0.717) is 28.4 Å². The van der Waals surface area contributed by atoms with Crippen molar-refractivity contribution in [2.75, 3.05) is 0 Å². The van der Waals surface area contributed by atoms with Crippen LogP contribution in [0.4, 0.5) is 0 Å². The van der Waals surface area contributed by atoms with Crippen molar-refractivity contribution in [2.45, 2.75) is 60.3 Å². The molecule has 0 aliphatic heterocycles. The molecule has 4 atom stereocenters. The Morgan fingerprint density at radius 2 is 1.75 bits per heavy atom. The second kappa shape index (κ2) is 3.58. The quantitative estimate of drug-likeness (QED) is 0.604. The van der Waals surface area contributed by atoms with E-state index in [1.165, 1.54) is 19.3 Å². The Hall–Kier alpha value is -0.330. The zero-order chi connectivity index (χ0) is 12.1. The van der Waals surface area contributed by atoms with Crippen LogP contribution in [0.2, 0.25) is 0 Å². The number of fused-ring (bicyclic) bond motifs is 1. The van der Waals surface area contributed by atoms with E-state index in [0.717, 1.165) is 6.42 Å². The molecule has 0 radical (unpaired) electrons. The van der Waals surface area contributed by atoms with Gasteiger partial charge in [0.15, 0.2) is 0 Å². The molecule has 0 saturated heterocycles. The lowest BCUT2D eigenvalue weighted by atomic mass is 9.47. The molecule has 0 aromatic carbocycles.